The number of carbonyl (C=O) groups is 1. The summed E-state index contributed by atoms with van der Waals surface area (Å²) >= 11 is 0. The van der Waals surface area contributed by atoms with Crippen molar-refractivity contribution in [2.75, 3.05) is 19.6 Å². The van der Waals surface area contributed by atoms with E-state index in [1.807, 2.05) is 0 Å². The first-order valence-corrected chi connectivity index (χ1v) is 9.22. The molecule has 3 fully saturated rings. The van der Waals surface area contributed by atoms with Gasteiger partial charge in [-0.15, -0.1) is 0 Å². The van der Waals surface area contributed by atoms with Gasteiger partial charge in [-0.1, -0.05) is 13.8 Å². The highest BCUT2D eigenvalue weighted by Crippen LogP contribution is 2.47. The Morgan fingerprint density at radius 3 is 2.41 bits per heavy atom. The molecule has 1 heterocycles. The smallest absolute Gasteiger partial charge is 0.225 e. The van der Waals surface area contributed by atoms with Crippen LogP contribution in [0.25, 0.3) is 0 Å². The lowest BCUT2D eigenvalue weighted by molar-refractivity contribution is -0.127. The molecule has 7 unspecified atom stereocenters. The lowest BCUT2D eigenvalue weighted by atomic mass is 9.84. The SMILES string of the molecule is CC1CC(C)CN(CC(C)NC(=O)C2C3CCC(C3)C2N)C1. The van der Waals surface area contributed by atoms with E-state index in [1.165, 1.54) is 25.7 Å². The van der Waals surface area contributed by atoms with Gasteiger partial charge in [-0.3, -0.25) is 4.79 Å². The molecule has 126 valence electrons. The Balaban J connectivity index is 1.49. The second-order valence-electron chi connectivity index (χ2n) is 8.51. The number of hydrogen-bond acceptors (Lipinski definition) is 3. The van der Waals surface area contributed by atoms with Crippen LogP contribution in [0.2, 0.25) is 0 Å². The van der Waals surface area contributed by atoms with E-state index in [4.69, 9.17) is 5.73 Å². The molecule has 0 aromatic carbocycles. The summed E-state index contributed by atoms with van der Waals surface area (Å²) in [5.41, 5.74) is 6.29. The molecule has 2 saturated carbocycles. The normalized spacial score (nSPS) is 43.3. The number of carbonyl (C=O) groups excluding carboxylic acids is 1. The van der Waals surface area contributed by atoms with Crippen molar-refractivity contribution in [2.24, 2.45) is 35.3 Å². The van der Waals surface area contributed by atoms with Crippen LogP contribution in [0.3, 0.4) is 0 Å². The van der Waals surface area contributed by atoms with Crippen LogP contribution >= 0.6 is 0 Å². The van der Waals surface area contributed by atoms with E-state index >= 15 is 0 Å². The van der Waals surface area contributed by atoms with Gasteiger partial charge in [0.05, 0.1) is 5.92 Å². The van der Waals surface area contributed by atoms with Crippen molar-refractivity contribution in [3.05, 3.63) is 0 Å². The molecule has 22 heavy (non-hydrogen) atoms. The summed E-state index contributed by atoms with van der Waals surface area (Å²) in [6.07, 6.45) is 4.94. The standard InChI is InChI=1S/C18H33N3O/c1-11-6-12(2)9-21(8-11)10-13(3)20-18(22)16-14-4-5-15(7-14)17(16)19/h11-17H,4-10,19H2,1-3H3,(H,20,22). The quantitative estimate of drug-likeness (QED) is 0.833. The van der Waals surface area contributed by atoms with Crippen LogP contribution in [0.5, 0.6) is 0 Å². The molecule has 4 heteroatoms. The Labute approximate surface area is 135 Å². The third kappa shape index (κ3) is 3.33. The molecule has 2 aliphatic carbocycles. The molecule has 4 nitrogen and oxygen atoms in total. The van der Waals surface area contributed by atoms with E-state index in [9.17, 15) is 4.79 Å². The molecular weight excluding hydrogens is 274 g/mol. The fraction of sp³-hybridized carbons (Fsp3) is 0.944. The predicted molar refractivity (Wildman–Crippen MR) is 89.3 cm³/mol. The summed E-state index contributed by atoms with van der Waals surface area (Å²) in [5.74, 6) is 2.96. The van der Waals surface area contributed by atoms with Crippen molar-refractivity contribution in [2.45, 2.75) is 58.5 Å². The van der Waals surface area contributed by atoms with E-state index in [1.54, 1.807) is 0 Å². The maximum Gasteiger partial charge on any atom is 0.225 e. The summed E-state index contributed by atoms with van der Waals surface area (Å²) < 4.78 is 0. The zero-order chi connectivity index (χ0) is 15.9. The lowest BCUT2D eigenvalue weighted by Crippen LogP contribution is -2.51. The Morgan fingerprint density at radius 2 is 1.82 bits per heavy atom. The van der Waals surface area contributed by atoms with E-state index in [0.29, 0.717) is 11.8 Å². The largest absolute Gasteiger partial charge is 0.352 e. The number of nitrogens with one attached hydrogen (secondary N) is 1. The molecule has 1 saturated heterocycles. The molecule has 1 aliphatic heterocycles. The molecule has 3 rings (SSSR count). The van der Waals surface area contributed by atoms with Gasteiger partial charge in [-0.05, 0) is 56.3 Å². The fourth-order valence-electron chi connectivity index (χ4n) is 5.44. The van der Waals surface area contributed by atoms with Crippen molar-refractivity contribution in [1.82, 2.24) is 10.2 Å². The molecule has 0 aromatic rings. The second-order valence-corrected chi connectivity index (χ2v) is 8.51. The van der Waals surface area contributed by atoms with Crippen LogP contribution in [0.15, 0.2) is 0 Å². The Kier molecular flexibility index (Phi) is 4.79. The molecule has 7 atom stereocenters. The van der Waals surface area contributed by atoms with Crippen molar-refractivity contribution < 1.29 is 4.79 Å². The minimum absolute atomic E-state index is 0.0698. The van der Waals surface area contributed by atoms with Crippen LogP contribution in [-0.4, -0.2) is 42.5 Å². The Morgan fingerprint density at radius 1 is 1.18 bits per heavy atom. The zero-order valence-electron chi connectivity index (χ0n) is 14.4. The first-order valence-electron chi connectivity index (χ1n) is 9.22. The lowest BCUT2D eigenvalue weighted by Gasteiger charge is -2.37. The molecule has 0 radical (unpaired) electrons. The van der Waals surface area contributed by atoms with Gasteiger partial charge in [-0.25, -0.2) is 0 Å². The van der Waals surface area contributed by atoms with Crippen LogP contribution in [0.4, 0.5) is 0 Å². The minimum atomic E-state index is 0.0698. The first kappa shape index (κ1) is 16.3. The van der Waals surface area contributed by atoms with Crippen LogP contribution < -0.4 is 11.1 Å². The Hall–Kier alpha value is -0.610. The van der Waals surface area contributed by atoms with E-state index in [0.717, 1.165) is 31.5 Å². The number of nitrogens with two attached hydrogens (primary N) is 1. The maximum atomic E-state index is 12.6. The topological polar surface area (TPSA) is 58.4 Å². The van der Waals surface area contributed by atoms with Gasteiger partial charge in [0, 0.05) is 31.7 Å². The van der Waals surface area contributed by atoms with Gasteiger partial charge in [0.1, 0.15) is 0 Å². The van der Waals surface area contributed by atoms with Gasteiger partial charge in [0.2, 0.25) is 5.91 Å². The van der Waals surface area contributed by atoms with Gasteiger partial charge >= 0.3 is 0 Å². The van der Waals surface area contributed by atoms with Crippen molar-refractivity contribution >= 4 is 5.91 Å². The number of amides is 1. The third-order valence-corrected chi connectivity index (χ3v) is 6.15. The van der Waals surface area contributed by atoms with Gasteiger partial charge in [-0.2, -0.15) is 0 Å². The minimum Gasteiger partial charge on any atom is -0.352 e. The van der Waals surface area contributed by atoms with E-state index in [-0.39, 0.29) is 23.9 Å². The Bertz CT molecular complexity index is 401. The molecule has 0 spiro atoms. The van der Waals surface area contributed by atoms with Crippen LogP contribution in [0, 0.1) is 29.6 Å². The van der Waals surface area contributed by atoms with Crippen molar-refractivity contribution in [1.29, 1.82) is 0 Å². The maximum absolute atomic E-state index is 12.6. The molecule has 1 amide bonds. The van der Waals surface area contributed by atoms with Gasteiger partial charge in [0.25, 0.3) is 0 Å². The summed E-state index contributed by atoms with van der Waals surface area (Å²) in [6.45, 7) is 10.1. The number of likely N-dealkylation sites (tertiary alicyclic amines) is 1. The van der Waals surface area contributed by atoms with Crippen LogP contribution in [0.1, 0.15) is 46.5 Å². The summed E-state index contributed by atoms with van der Waals surface area (Å²) in [5, 5.41) is 3.25. The molecular formula is C18H33N3O. The van der Waals surface area contributed by atoms with Crippen molar-refractivity contribution in [3.8, 4) is 0 Å². The number of hydrogen-bond donors (Lipinski definition) is 2. The summed E-state index contributed by atoms with van der Waals surface area (Å²) in [6, 6.07) is 0.317. The fourth-order valence-corrected chi connectivity index (χ4v) is 5.44. The zero-order valence-corrected chi connectivity index (χ0v) is 14.4. The van der Waals surface area contributed by atoms with E-state index < -0.39 is 0 Å². The number of nitrogens with zero attached hydrogens (tertiary/aromatic N) is 1. The van der Waals surface area contributed by atoms with E-state index in [2.05, 4.69) is 31.0 Å². The van der Waals surface area contributed by atoms with Crippen molar-refractivity contribution in [3.63, 3.8) is 0 Å². The highest BCUT2D eigenvalue weighted by atomic mass is 16.2. The number of fused-ring (bicyclic) bond motifs is 2. The third-order valence-electron chi connectivity index (χ3n) is 6.15. The highest BCUT2D eigenvalue weighted by molar-refractivity contribution is 5.80. The molecule has 0 aromatic heterocycles. The predicted octanol–water partition coefficient (Wildman–Crippen LogP) is 1.84. The van der Waals surface area contributed by atoms with Gasteiger partial charge in [0.15, 0.2) is 0 Å². The molecule has 3 N–H and O–H groups in total. The van der Waals surface area contributed by atoms with Crippen LogP contribution in [-0.2, 0) is 4.79 Å². The number of piperidine rings is 1. The number of rotatable bonds is 4. The molecule has 3 aliphatic rings. The monoisotopic (exact) mass is 307 g/mol. The highest BCUT2D eigenvalue weighted by Gasteiger charge is 2.49. The average Bonchev–Trinajstić information content (AvgIpc) is 2.97. The second kappa shape index (κ2) is 6.48. The summed E-state index contributed by atoms with van der Waals surface area (Å²) in [7, 11) is 0. The summed E-state index contributed by atoms with van der Waals surface area (Å²) in [4.78, 5) is 15.1. The molecule has 2 bridgehead atoms. The average molecular weight is 307 g/mol. The first-order chi connectivity index (χ1) is 10.4. The van der Waals surface area contributed by atoms with Gasteiger partial charge < -0.3 is 16.0 Å².